The van der Waals surface area contributed by atoms with Crippen LogP contribution in [0, 0.1) is 5.92 Å². The molecule has 83 heavy (non-hydrogen) atoms. The number of rotatable bonds is 15. The van der Waals surface area contributed by atoms with Crippen LogP contribution in [0.3, 0.4) is 0 Å². The maximum absolute atomic E-state index is 16.5. The molecule has 3 spiro atoms. The van der Waals surface area contributed by atoms with Gasteiger partial charge < -0.3 is 39.9 Å². The maximum Gasteiger partial charge on any atom is 0.264 e. The van der Waals surface area contributed by atoms with E-state index in [0.29, 0.717) is 57.7 Å². The molecule has 0 bridgehead atoms. The summed E-state index contributed by atoms with van der Waals surface area (Å²) in [7, 11) is -0.922. The molecule has 0 radical (unpaired) electrons. The van der Waals surface area contributed by atoms with Gasteiger partial charge in [-0.05, 0) is 142 Å². The number of piperidine rings is 2. The SMILES string of the molecule is COc1ccc([Si](C)(C)[C@@H]2[C@@H](CCn3cc(C(CO)c4ccccc4)nn3)O[C@]3(C(=O)N(Cc4cccc(N5CN(c6ccccc6)C6(CCNCC6)C5=O)c4)c4ccc(N5CN(c6ccccc6)C6(CCNCC6)C5=O)cc43)[C@H]2C)cc1. The predicted octanol–water partition coefficient (Wildman–Crippen LogP) is 8.13. The Balaban J connectivity index is 0.897. The van der Waals surface area contributed by atoms with Crippen molar-refractivity contribution >= 4 is 59.4 Å². The second-order valence-electron chi connectivity index (χ2n) is 24.1. The van der Waals surface area contributed by atoms with E-state index >= 15 is 9.59 Å². The van der Waals surface area contributed by atoms with E-state index in [2.05, 4.69) is 99.3 Å². The average Bonchev–Trinajstić information content (AvgIpc) is 2.71. The van der Waals surface area contributed by atoms with Gasteiger partial charge in [-0.2, -0.15) is 0 Å². The van der Waals surface area contributed by atoms with Gasteiger partial charge in [0.1, 0.15) is 16.8 Å². The van der Waals surface area contributed by atoms with E-state index in [9.17, 15) is 9.90 Å². The van der Waals surface area contributed by atoms with Crippen LogP contribution in [0.25, 0.3) is 0 Å². The quantitative estimate of drug-likeness (QED) is 0.0848. The van der Waals surface area contributed by atoms with Gasteiger partial charge in [0.2, 0.25) is 0 Å². The van der Waals surface area contributed by atoms with Crippen LogP contribution in [-0.4, -0.2) is 116 Å². The zero-order valence-electron chi connectivity index (χ0n) is 47.9. The molecule has 3 N–H and O–H groups in total. The number of para-hydroxylation sites is 2. The molecule has 6 aliphatic rings. The van der Waals surface area contributed by atoms with Crippen LogP contribution in [0.15, 0.2) is 164 Å². The Bertz CT molecular complexity index is 3500. The van der Waals surface area contributed by atoms with Gasteiger partial charge in [-0.3, -0.25) is 28.9 Å². The molecular formula is C66H74N10O6Si. The van der Waals surface area contributed by atoms with E-state index in [-0.39, 0.29) is 48.3 Å². The minimum absolute atomic E-state index is 0.0514. The molecule has 1 unspecified atom stereocenters. The minimum atomic E-state index is -2.60. The van der Waals surface area contributed by atoms with Gasteiger partial charge in [-0.1, -0.05) is 121 Å². The van der Waals surface area contributed by atoms with E-state index in [1.165, 1.54) is 5.19 Å². The fourth-order valence-electron chi connectivity index (χ4n) is 15.1. The summed E-state index contributed by atoms with van der Waals surface area (Å²) in [5.41, 5.74) is 4.56. The molecule has 428 valence electrons. The molecular weight excluding hydrogens is 1060 g/mol. The lowest BCUT2D eigenvalue weighted by Crippen LogP contribution is -2.55. The lowest BCUT2D eigenvalue weighted by atomic mass is 9.82. The first-order valence-electron chi connectivity index (χ1n) is 29.5. The van der Waals surface area contributed by atoms with Crippen molar-refractivity contribution < 1.29 is 29.0 Å². The van der Waals surface area contributed by atoms with Gasteiger partial charge in [0.15, 0.2) is 5.60 Å². The Kier molecular flexibility index (Phi) is 14.3. The van der Waals surface area contributed by atoms with E-state index in [1.807, 2.05) is 135 Å². The van der Waals surface area contributed by atoms with E-state index < -0.39 is 30.9 Å². The molecule has 3 amide bonds. The number of nitrogens with zero attached hydrogens (tertiary/aromatic N) is 8. The molecule has 0 aliphatic carbocycles. The first-order valence-corrected chi connectivity index (χ1v) is 32.6. The number of carbonyl (C=O) groups excluding carboxylic acids is 3. The average molecular weight is 1130 g/mol. The molecule has 6 aromatic carbocycles. The van der Waals surface area contributed by atoms with Crippen LogP contribution < -0.4 is 45.1 Å². The number of aliphatic hydroxyl groups excluding tert-OH is 1. The summed E-state index contributed by atoms with van der Waals surface area (Å²) in [6.45, 7) is 11.3. The Morgan fingerprint density at radius 3 is 1.83 bits per heavy atom. The Morgan fingerprint density at radius 2 is 1.25 bits per heavy atom. The summed E-state index contributed by atoms with van der Waals surface area (Å²) in [5.74, 6) is 0.0847. The summed E-state index contributed by atoms with van der Waals surface area (Å²) < 4.78 is 15.3. The standard InChI is InChI=1S/C66H74N10O6Si/c1-46-60(83(3,4)54-26-24-53(81-2)25-27-54)59(29-38-71-42-57(69-70-71)55(43-77)48-16-8-5-9-17-48)82-66(46)56-40-52(74-45-76(50-20-12-7-13-21-50)65(62(74)79)32-36-68-37-33-65)23-28-58(56)72(63(66)80)41-47-15-14-22-51(39-47)73-44-75(49-18-10-6-11-19-49)64(61(73)78)30-34-67-35-31-64/h5-28,39-40,42,46,55,59-60,67-68,77H,29-38,41,43-45H2,1-4H3/t46-,55?,59+,60-,66+/m0/s1. The van der Waals surface area contributed by atoms with Crippen molar-refractivity contribution in [1.29, 1.82) is 0 Å². The summed E-state index contributed by atoms with van der Waals surface area (Å²) >= 11 is 0. The van der Waals surface area contributed by atoms with Crippen molar-refractivity contribution in [3.63, 3.8) is 0 Å². The monoisotopic (exact) mass is 1130 g/mol. The minimum Gasteiger partial charge on any atom is -0.497 e. The number of amides is 3. The van der Waals surface area contributed by atoms with Gasteiger partial charge in [0.25, 0.3) is 17.7 Å². The second kappa shape index (κ2) is 21.8. The summed E-state index contributed by atoms with van der Waals surface area (Å²) in [5, 5.41) is 28.0. The van der Waals surface area contributed by atoms with Crippen molar-refractivity contribution in [1.82, 2.24) is 25.6 Å². The third-order valence-electron chi connectivity index (χ3n) is 19.5. The predicted molar refractivity (Wildman–Crippen MR) is 326 cm³/mol. The normalized spacial score (nSPS) is 23.3. The van der Waals surface area contributed by atoms with E-state index in [4.69, 9.17) is 9.47 Å². The number of benzene rings is 6. The number of fused-ring (bicyclic) bond motifs is 2. The highest BCUT2D eigenvalue weighted by Crippen LogP contribution is 2.61. The van der Waals surface area contributed by atoms with Crippen LogP contribution in [0.2, 0.25) is 18.6 Å². The molecule has 13 rings (SSSR count). The Labute approximate surface area is 487 Å². The molecule has 1 aromatic heterocycles. The van der Waals surface area contributed by atoms with Crippen LogP contribution in [0.1, 0.15) is 67.3 Å². The summed E-state index contributed by atoms with van der Waals surface area (Å²) in [6, 6.07) is 53.0. The van der Waals surface area contributed by atoms with E-state index in [0.717, 1.165) is 77.1 Å². The number of aromatic nitrogens is 3. The fourth-order valence-corrected chi connectivity index (χ4v) is 19.2. The smallest absolute Gasteiger partial charge is 0.264 e. The molecule has 16 nitrogen and oxygen atoms in total. The van der Waals surface area contributed by atoms with E-state index in [1.54, 1.807) is 7.11 Å². The van der Waals surface area contributed by atoms with Gasteiger partial charge in [0.05, 0.1) is 65.1 Å². The number of aliphatic hydroxyl groups is 1. The number of anilines is 5. The molecule has 5 saturated heterocycles. The zero-order chi connectivity index (χ0) is 57.1. The number of hydrogen-bond donors (Lipinski definition) is 3. The summed E-state index contributed by atoms with van der Waals surface area (Å²) in [4.78, 5) is 57.1. The van der Waals surface area contributed by atoms with Crippen molar-refractivity contribution in [2.45, 2.75) is 99.5 Å². The van der Waals surface area contributed by atoms with Crippen molar-refractivity contribution in [3.05, 3.63) is 186 Å². The summed E-state index contributed by atoms with van der Waals surface area (Å²) in [6.07, 6.45) is 4.76. The number of aryl methyl sites for hydroxylation is 1. The molecule has 0 saturated carbocycles. The number of methoxy groups -OCH3 is 1. The third kappa shape index (κ3) is 9.13. The molecule has 5 fully saturated rings. The van der Waals surface area contributed by atoms with Crippen molar-refractivity contribution in [2.75, 3.05) is 77.7 Å². The van der Waals surface area contributed by atoms with Crippen LogP contribution in [-0.2, 0) is 37.8 Å². The highest BCUT2D eigenvalue weighted by atomic mass is 28.3. The molecule has 7 aromatic rings. The second-order valence-corrected chi connectivity index (χ2v) is 28.8. The zero-order valence-corrected chi connectivity index (χ0v) is 48.9. The number of hydrogen-bond acceptors (Lipinski definition) is 12. The maximum atomic E-state index is 16.5. The van der Waals surface area contributed by atoms with Crippen LogP contribution >= 0.6 is 0 Å². The van der Waals surface area contributed by atoms with Crippen LogP contribution in [0.5, 0.6) is 5.75 Å². The molecule has 17 heteroatoms. The van der Waals surface area contributed by atoms with Crippen LogP contribution in [0.4, 0.5) is 28.4 Å². The first kappa shape index (κ1) is 54.6. The van der Waals surface area contributed by atoms with Gasteiger partial charge in [0, 0.05) is 47.0 Å². The highest BCUT2D eigenvalue weighted by Gasteiger charge is 2.67. The lowest BCUT2D eigenvalue weighted by molar-refractivity contribution is -0.146. The molecule has 5 atom stereocenters. The lowest BCUT2D eigenvalue weighted by Gasteiger charge is -2.39. The topological polar surface area (TPSA) is 161 Å². The van der Waals surface area contributed by atoms with Crippen molar-refractivity contribution in [3.8, 4) is 5.75 Å². The number of carbonyl (C=O) groups is 3. The Hall–Kier alpha value is -7.67. The van der Waals surface area contributed by atoms with Gasteiger partial charge in [-0.25, -0.2) is 0 Å². The first-order chi connectivity index (χ1) is 40.4. The highest BCUT2D eigenvalue weighted by molar-refractivity contribution is 6.91. The third-order valence-corrected chi connectivity index (χ3v) is 23.9. The number of ether oxygens (including phenoxy) is 2. The Morgan fingerprint density at radius 1 is 0.687 bits per heavy atom. The number of nitrogens with one attached hydrogen (secondary N) is 2. The van der Waals surface area contributed by atoms with Crippen molar-refractivity contribution in [2.24, 2.45) is 5.92 Å². The fraction of sp³-hybridized carbons (Fsp3) is 0.379. The van der Waals surface area contributed by atoms with Gasteiger partial charge >= 0.3 is 0 Å². The molecule has 6 aliphatic heterocycles. The molecule has 7 heterocycles. The van der Waals surface area contributed by atoms with Gasteiger partial charge in [-0.15, -0.1) is 5.10 Å². The largest absolute Gasteiger partial charge is 0.497 e.